The van der Waals surface area contributed by atoms with Crippen molar-refractivity contribution >= 4 is 11.6 Å². The predicted octanol–water partition coefficient (Wildman–Crippen LogP) is 0.803. The van der Waals surface area contributed by atoms with Crippen molar-refractivity contribution < 1.29 is 14.3 Å². The summed E-state index contributed by atoms with van der Waals surface area (Å²) < 4.78 is 10.8. The van der Waals surface area contributed by atoms with Crippen molar-refractivity contribution in [2.24, 2.45) is 5.73 Å². The third-order valence-corrected chi connectivity index (χ3v) is 3.99. The molecule has 2 N–H and O–H groups in total. The average molecular weight is 291 g/mol. The van der Waals surface area contributed by atoms with E-state index in [1.54, 1.807) is 0 Å². The lowest BCUT2D eigenvalue weighted by molar-refractivity contribution is -0.118. The van der Waals surface area contributed by atoms with Gasteiger partial charge in [-0.15, -0.1) is 0 Å². The van der Waals surface area contributed by atoms with Gasteiger partial charge in [-0.25, -0.2) is 0 Å². The molecule has 0 bridgehead atoms. The first-order valence-electron chi connectivity index (χ1n) is 7.37. The minimum atomic E-state index is -0.214. The number of hydrogen-bond donors (Lipinski definition) is 1. The molecular formula is C15H21N3O3. The van der Waals surface area contributed by atoms with Crippen LogP contribution in [-0.4, -0.2) is 50.3 Å². The van der Waals surface area contributed by atoms with E-state index in [0.717, 1.165) is 50.6 Å². The molecule has 0 saturated carbocycles. The number of hydrogen-bond acceptors (Lipinski definition) is 5. The smallest absolute Gasteiger partial charge is 0.231 e. The van der Waals surface area contributed by atoms with Crippen molar-refractivity contribution in [3.8, 4) is 11.5 Å². The summed E-state index contributed by atoms with van der Waals surface area (Å²) in [6, 6.07) is 6.10. The van der Waals surface area contributed by atoms with E-state index in [2.05, 4.69) is 15.9 Å². The lowest BCUT2D eigenvalue weighted by atomic mass is 10.2. The first kappa shape index (κ1) is 14.0. The van der Waals surface area contributed by atoms with Gasteiger partial charge in [-0.2, -0.15) is 0 Å². The van der Waals surface area contributed by atoms with E-state index >= 15 is 0 Å². The van der Waals surface area contributed by atoms with Gasteiger partial charge in [0.25, 0.3) is 0 Å². The zero-order chi connectivity index (χ0) is 14.7. The van der Waals surface area contributed by atoms with E-state index < -0.39 is 0 Å². The van der Waals surface area contributed by atoms with Gasteiger partial charge < -0.3 is 20.1 Å². The molecular weight excluding hydrogens is 270 g/mol. The number of ether oxygens (including phenoxy) is 2. The number of carbonyl (C=O) groups is 1. The fourth-order valence-electron chi connectivity index (χ4n) is 2.79. The summed E-state index contributed by atoms with van der Waals surface area (Å²) in [4.78, 5) is 15.5. The molecule has 0 atom stereocenters. The molecule has 0 aliphatic carbocycles. The summed E-state index contributed by atoms with van der Waals surface area (Å²) in [6.07, 6.45) is 1.32. The van der Waals surface area contributed by atoms with Crippen LogP contribution in [-0.2, 0) is 4.79 Å². The van der Waals surface area contributed by atoms with Gasteiger partial charge in [0.05, 0.1) is 0 Å². The molecule has 21 heavy (non-hydrogen) atoms. The predicted molar refractivity (Wildman–Crippen MR) is 79.6 cm³/mol. The maximum Gasteiger partial charge on any atom is 0.231 e. The fraction of sp³-hybridized carbons (Fsp3) is 0.533. The van der Waals surface area contributed by atoms with Gasteiger partial charge in [0, 0.05) is 44.4 Å². The van der Waals surface area contributed by atoms with E-state index in [4.69, 9.17) is 15.2 Å². The molecule has 3 rings (SSSR count). The summed E-state index contributed by atoms with van der Waals surface area (Å²) >= 11 is 0. The number of primary amides is 1. The van der Waals surface area contributed by atoms with Crippen molar-refractivity contribution in [2.75, 3.05) is 44.4 Å². The van der Waals surface area contributed by atoms with Gasteiger partial charge in [-0.05, 0) is 25.1 Å². The number of piperazine rings is 1. The minimum Gasteiger partial charge on any atom is -0.454 e. The lowest BCUT2D eigenvalue weighted by Gasteiger charge is -2.36. The van der Waals surface area contributed by atoms with Crippen molar-refractivity contribution in [1.29, 1.82) is 0 Å². The number of nitrogens with zero attached hydrogens (tertiary/aromatic N) is 2. The van der Waals surface area contributed by atoms with Crippen LogP contribution in [0.5, 0.6) is 11.5 Å². The topological polar surface area (TPSA) is 68.0 Å². The molecule has 2 aliphatic rings. The second-order valence-electron chi connectivity index (χ2n) is 5.44. The van der Waals surface area contributed by atoms with Crippen molar-refractivity contribution in [1.82, 2.24) is 4.90 Å². The third-order valence-electron chi connectivity index (χ3n) is 3.99. The zero-order valence-corrected chi connectivity index (χ0v) is 12.1. The third kappa shape index (κ3) is 3.39. The second kappa shape index (κ2) is 6.22. The molecule has 0 spiro atoms. The number of nitrogens with two attached hydrogens (primary N) is 1. The molecule has 2 heterocycles. The largest absolute Gasteiger partial charge is 0.454 e. The fourth-order valence-corrected chi connectivity index (χ4v) is 2.79. The van der Waals surface area contributed by atoms with Crippen molar-refractivity contribution in [2.45, 2.75) is 12.8 Å². The normalized spacial score (nSPS) is 18.0. The molecule has 114 valence electrons. The Morgan fingerprint density at radius 3 is 2.67 bits per heavy atom. The highest BCUT2D eigenvalue weighted by Gasteiger charge is 2.20. The Morgan fingerprint density at radius 1 is 1.14 bits per heavy atom. The highest BCUT2D eigenvalue weighted by molar-refractivity contribution is 5.73. The maximum atomic E-state index is 10.7. The number of benzene rings is 1. The van der Waals surface area contributed by atoms with Gasteiger partial charge in [-0.3, -0.25) is 9.69 Å². The lowest BCUT2D eigenvalue weighted by Crippen LogP contribution is -2.46. The number of rotatable bonds is 5. The number of anilines is 1. The van der Waals surface area contributed by atoms with E-state index in [0.29, 0.717) is 13.2 Å². The summed E-state index contributed by atoms with van der Waals surface area (Å²) in [5.41, 5.74) is 6.34. The maximum absolute atomic E-state index is 10.7. The summed E-state index contributed by atoms with van der Waals surface area (Å²) in [5.74, 6) is 1.44. The highest BCUT2D eigenvalue weighted by Crippen LogP contribution is 2.35. The van der Waals surface area contributed by atoms with Crippen LogP contribution in [0.2, 0.25) is 0 Å². The molecule has 6 heteroatoms. The molecule has 2 aliphatic heterocycles. The standard InChI is InChI=1S/C15H21N3O3/c16-15(19)2-1-5-17-6-8-18(9-7-17)12-3-4-13-14(10-12)21-11-20-13/h3-4,10H,1-2,5-9,11H2,(H2,16,19). The van der Waals surface area contributed by atoms with E-state index in [-0.39, 0.29) is 5.91 Å². The quantitative estimate of drug-likeness (QED) is 0.869. The summed E-state index contributed by atoms with van der Waals surface area (Å²) in [7, 11) is 0. The van der Waals surface area contributed by atoms with Gasteiger partial charge in [-0.1, -0.05) is 0 Å². The van der Waals surface area contributed by atoms with E-state index in [9.17, 15) is 4.79 Å². The summed E-state index contributed by atoms with van der Waals surface area (Å²) in [6.45, 7) is 5.23. The SMILES string of the molecule is NC(=O)CCCN1CCN(c2ccc3c(c2)OCO3)CC1. The Balaban J connectivity index is 1.50. The highest BCUT2D eigenvalue weighted by atomic mass is 16.7. The second-order valence-corrected chi connectivity index (χ2v) is 5.44. The number of fused-ring (bicyclic) bond motifs is 1. The molecule has 1 saturated heterocycles. The number of amides is 1. The van der Waals surface area contributed by atoms with Crippen LogP contribution in [0.1, 0.15) is 12.8 Å². The van der Waals surface area contributed by atoms with Gasteiger partial charge in [0.15, 0.2) is 11.5 Å². The van der Waals surface area contributed by atoms with Crippen LogP contribution >= 0.6 is 0 Å². The Bertz CT molecular complexity index is 513. The molecule has 0 radical (unpaired) electrons. The minimum absolute atomic E-state index is 0.214. The van der Waals surface area contributed by atoms with E-state index in [1.165, 1.54) is 5.69 Å². The Morgan fingerprint density at radius 2 is 1.90 bits per heavy atom. The molecule has 1 amide bonds. The van der Waals surface area contributed by atoms with Gasteiger partial charge in [0.1, 0.15) is 0 Å². The van der Waals surface area contributed by atoms with Crippen LogP contribution in [0.25, 0.3) is 0 Å². The molecule has 1 fully saturated rings. The van der Waals surface area contributed by atoms with Gasteiger partial charge >= 0.3 is 0 Å². The van der Waals surface area contributed by atoms with Crippen molar-refractivity contribution in [3.63, 3.8) is 0 Å². The van der Waals surface area contributed by atoms with Gasteiger partial charge in [0.2, 0.25) is 12.7 Å². The zero-order valence-electron chi connectivity index (χ0n) is 12.1. The first-order chi connectivity index (χ1) is 10.2. The molecule has 0 aromatic heterocycles. The van der Waals surface area contributed by atoms with Crippen LogP contribution in [0, 0.1) is 0 Å². The molecule has 0 unspecified atom stereocenters. The Kier molecular flexibility index (Phi) is 4.15. The molecule has 1 aromatic rings. The Labute approximate surface area is 124 Å². The number of carbonyl (C=O) groups excluding carboxylic acids is 1. The van der Waals surface area contributed by atoms with Crippen LogP contribution in [0.4, 0.5) is 5.69 Å². The molecule has 6 nitrogen and oxygen atoms in total. The first-order valence-corrected chi connectivity index (χ1v) is 7.37. The monoisotopic (exact) mass is 291 g/mol. The van der Waals surface area contributed by atoms with Crippen LogP contribution < -0.4 is 20.1 Å². The van der Waals surface area contributed by atoms with Crippen molar-refractivity contribution in [3.05, 3.63) is 18.2 Å². The average Bonchev–Trinajstić information content (AvgIpc) is 2.95. The summed E-state index contributed by atoms with van der Waals surface area (Å²) in [5, 5.41) is 0. The van der Waals surface area contributed by atoms with E-state index in [1.807, 2.05) is 12.1 Å². The Hall–Kier alpha value is -1.95. The van der Waals surface area contributed by atoms with Crippen LogP contribution in [0.3, 0.4) is 0 Å². The van der Waals surface area contributed by atoms with Crippen LogP contribution in [0.15, 0.2) is 18.2 Å². The molecule has 1 aromatic carbocycles.